The largest absolute Gasteiger partial charge is 0.347 e. The number of nitrogens with one attached hydrogen (secondary N) is 3. The molecule has 6 heteroatoms. The minimum absolute atomic E-state index is 0.0901. The summed E-state index contributed by atoms with van der Waals surface area (Å²) in [6, 6.07) is 24.2. The monoisotopic (exact) mass is 421 g/mol. The standard InChI is InChI=1S/C26H23N5O/c1-15-7-5-9-17(13-15)22-21-24(30-26-27-19-11-3-4-12-20(19)31(22)26)28-23(29-25(21)32)18-10-6-8-16(2)14-18/h3-14,22-23,28H,1-2H3,(H,27,30)(H,29,32). The van der Waals surface area contributed by atoms with Crippen molar-refractivity contribution >= 4 is 22.9 Å². The van der Waals surface area contributed by atoms with Crippen molar-refractivity contribution in [1.29, 1.82) is 0 Å². The van der Waals surface area contributed by atoms with Crippen LogP contribution in [0.4, 0.5) is 5.95 Å². The van der Waals surface area contributed by atoms with Crippen LogP contribution in [0.1, 0.15) is 34.5 Å². The first-order valence-electron chi connectivity index (χ1n) is 10.8. The molecule has 3 aromatic carbocycles. The molecular formula is C26H23N5O. The second kappa shape index (κ2) is 6.99. The summed E-state index contributed by atoms with van der Waals surface area (Å²) in [7, 11) is 0. The molecule has 0 fully saturated rings. The molecule has 32 heavy (non-hydrogen) atoms. The van der Waals surface area contributed by atoms with Gasteiger partial charge in [-0.1, -0.05) is 71.8 Å². The predicted octanol–water partition coefficient (Wildman–Crippen LogP) is 4.30. The van der Waals surface area contributed by atoms with Crippen LogP contribution in [-0.4, -0.2) is 15.5 Å². The quantitative estimate of drug-likeness (QED) is 0.451. The van der Waals surface area contributed by atoms with E-state index in [0.717, 1.165) is 39.2 Å². The lowest BCUT2D eigenvalue weighted by Crippen LogP contribution is -2.49. The molecular weight excluding hydrogens is 398 g/mol. The minimum Gasteiger partial charge on any atom is -0.347 e. The second-order valence-electron chi connectivity index (χ2n) is 8.49. The summed E-state index contributed by atoms with van der Waals surface area (Å²) in [4.78, 5) is 18.4. The molecule has 2 atom stereocenters. The topological polar surface area (TPSA) is 71.0 Å². The van der Waals surface area contributed by atoms with Crippen LogP contribution in [-0.2, 0) is 4.79 Å². The SMILES string of the molecule is Cc1cccc(C2NC(=O)C3=C(Nc4nc5ccccc5n4C3c3cccc(C)c3)N2)c1. The van der Waals surface area contributed by atoms with E-state index in [2.05, 4.69) is 51.7 Å². The highest BCUT2D eigenvalue weighted by Crippen LogP contribution is 2.40. The first kappa shape index (κ1) is 18.7. The smallest absolute Gasteiger partial charge is 0.255 e. The van der Waals surface area contributed by atoms with E-state index in [1.165, 1.54) is 0 Å². The van der Waals surface area contributed by atoms with Crippen LogP contribution in [0, 0.1) is 13.8 Å². The summed E-state index contributed by atoms with van der Waals surface area (Å²) in [5.74, 6) is 1.34. The van der Waals surface area contributed by atoms with Crippen molar-refractivity contribution in [2.75, 3.05) is 5.32 Å². The number of imidazole rings is 1. The molecule has 3 heterocycles. The summed E-state index contributed by atoms with van der Waals surface area (Å²) in [6.45, 7) is 4.12. The molecule has 0 saturated carbocycles. The number of fused-ring (bicyclic) bond motifs is 3. The number of hydrogen-bond acceptors (Lipinski definition) is 4. The molecule has 1 aromatic heterocycles. The Kier molecular flexibility index (Phi) is 4.08. The van der Waals surface area contributed by atoms with E-state index in [0.29, 0.717) is 11.4 Å². The number of amides is 1. The van der Waals surface area contributed by atoms with E-state index in [4.69, 9.17) is 4.98 Å². The highest BCUT2D eigenvalue weighted by molar-refractivity contribution is 5.99. The molecule has 158 valence electrons. The lowest BCUT2D eigenvalue weighted by molar-refractivity contribution is -0.119. The Balaban J connectivity index is 1.53. The van der Waals surface area contributed by atoms with E-state index in [1.54, 1.807) is 0 Å². The lowest BCUT2D eigenvalue weighted by Gasteiger charge is -2.38. The van der Waals surface area contributed by atoms with Crippen LogP contribution in [0.15, 0.2) is 84.2 Å². The fourth-order valence-corrected chi connectivity index (χ4v) is 4.75. The number of rotatable bonds is 2. The van der Waals surface area contributed by atoms with Gasteiger partial charge in [0.2, 0.25) is 5.95 Å². The van der Waals surface area contributed by atoms with Crippen LogP contribution in [0.25, 0.3) is 11.0 Å². The molecule has 0 radical (unpaired) electrons. The van der Waals surface area contributed by atoms with Crippen LogP contribution >= 0.6 is 0 Å². The third-order valence-electron chi connectivity index (χ3n) is 6.18. The molecule has 0 saturated heterocycles. The Morgan fingerprint density at radius 3 is 2.34 bits per heavy atom. The first-order chi connectivity index (χ1) is 15.6. The number of carbonyl (C=O) groups excluding carboxylic acids is 1. The predicted molar refractivity (Wildman–Crippen MR) is 125 cm³/mol. The Morgan fingerprint density at radius 1 is 0.844 bits per heavy atom. The molecule has 2 aliphatic rings. The number of benzene rings is 3. The van der Waals surface area contributed by atoms with Crippen molar-refractivity contribution in [2.45, 2.75) is 26.1 Å². The van der Waals surface area contributed by atoms with Gasteiger partial charge >= 0.3 is 0 Å². The van der Waals surface area contributed by atoms with Crippen molar-refractivity contribution in [1.82, 2.24) is 20.2 Å². The molecule has 3 N–H and O–H groups in total. The van der Waals surface area contributed by atoms with Gasteiger partial charge in [-0.25, -0.2) is 4.98 Å². The molecule has 0 bridgehead atoms. The minimum atomic E-state index is -0.317. The van der Waals surface area contributed by atoms with Gasteiger partial charge in [-0.3, -0.25) is 9.36 Å². The van der Waals surface area contributed by atoms with Gasteiger partial charge in [-0.15, -0.1) is 0 Å². The van der Waals surface area contributed by atoms with Gasteiger partial charge in [0.1, 0.15) is 12.0 Å². The third kappa shape index (κ3) is 2.87. The van der Waals surface area contributed by atoms with Crippen molar-refractivity contribution in [3.8, 4) is 0 Å². The molecule has 2 aliphatic heterocycles. The van der Waals surface area contributed by atoms with Crippen LogP contribution in [0.2, 0.25) is 0 Å². The number of hydrogen-bond donors (Lipinski definition) is 3. The maximum Gasteiger partial charge on any atom is 0.255 e. The molecule has 0 aliphatic carbocycles. The van der Waals surface area contributed by atoms with Gasteiger partial charge in [0.05, 0.1) is 22.6 Å². The highest BCUT2D eigenvalue weighted by Gasteiger charge is 2.39. The Morgan fingerprint density at radius 2 is 1.56 bits per heavy atom. The third-order valence-corrected chi connectivity index (χ3v) is 6.18. The molecule has 6 rings (SSSR count). The maximum atomic E-state index is 13.6. The van der Waals surface area contributed by atoms with Crippen LogP contribution in [0.3, 0.4) is 0 Å². The van der Waals surface area contributed by atoms with Crippen molar-refractivity contribution in [3.63, 3.8) is 0 Å². The van der Waals surface area contributed by atoms with Gasteiger partial charge in [0, 0.05) is 0 Å². The van der Waals surface area contributed by atoms with Gasteiger partial charge in [-0.2, -0.15) is 0 Å². The summed E-state index contributed by atoms with van der Waals surface area (Å²) in [5.41, 5.74) is 6.90. The lowest BCUT2D eigenvalue weighted by atomic mass is 9.93. The fourth-order valence-electron chi connectivity index (χ4n) is 4.75. The van der Waals surface area contributed by atoms with Gasteiger partial charge in [-0.05, 0) is 37.1 Å². The van der Waals surface area contributed by atoms with Crippen LogP contribution in [0.5, 0.6) is 0 Å². The molecule has 2 unspecified atom stereocenters. The average Bonchev–Trinajstić information content (AvgIpc) is 3.15. The number of nitrogens with zero attached hydrogens (tertiary/aromatic N) is 2. The number of para-hydroxylation sites is 2. The number of anilines is 1. The Bertz CT molecular complexity index is 1420. The fraction of sp³-hybridized carbons (Fsp3) is 0.154. The van der Waals surface area contributed by atoms with Gasteiger partial charge < -0.3 is 16.0 Å². The molecule has 4 aromatic rings. The molecule has 6 nitrogen and oxygen atoms in total. The summed E-state index contributed by atoms with van der Waals surface area (Å²) in [5, 5.41) is 10.1. The zero-order valence-corrected chi connectivity index (χ0v) is 17.9. The molecule has 0 spiro atoms. The van der Waals surface area contributed by atoms with E-state index in [1.807, 2.05) is 55.5 Å². The zero-order valence-electron chi connectivity index (χ0n) is 17.9. The summed E-state index contributed by atoms with van der Waals surface area (Å²) < 4.78 is 2.12. The molecule has 1 amide bonds. The first-order valence-corrected chi connectivity index (χ1v) is 10.8. The van der Waals surface area contributed by atoms with E-state index < -0.39 is 0 Å². The van der Waals surface area contributed by atoms with E-state index in [-0.39, 0.29) is 18.1 Å². The van der Waals surface area contributed by atoms with Crippen molar-refractivity contribution in [3.05, 3.63) is 106 Å². The number of aryl methyl sites for hydroxylation is 2. The van der Waals surface area contributed by atoms with Gasteiger partial charge in [0.15, 0.2) is 0 Å². The number of carbonyl (C=O) groups is 1. The summed E-state index contributed by atoms with van der Waals surface area (Å²) >= 11 is 0. The number of aromatic nitrogens is 2. The maximum absolute atomic E-state index is 13.6. The van der Waals surface area contributed by atoms with Crippen LogP contribution < -0.4 is 16.0 Å². The Labute approximate surface area is 186 Å². The Hall–Kier alpha value is -4.06. The zero-order chi connectivity index (χ0) is 21.8. The van der Waals surface area contributed by atoms with Crippen molar-refractivity contribution < 1.29 is 4.79 Å². The second-order valence-corrected chi connectivity index (χ2v) is 8.49. The highest BCUT2D eigenvalue weighted by atomic mass is 16.2. The normalized spacial score (nSPS) is 19.6. The van der Waals surface area contributed by atoms with E-state index in [9.17, 15) is 4.79 Å². The average molecular weight is 422 g/mol. The van der Waals surface area contributed by atoms with Gasteiger partial charge in [0.25, 0.3) is 5.91 Å². The van der Waals surface area contributed by atoms with Crippen molar-refractivity contribution in [2.24, 2.45) is 0 Å². The van der Waals surface area contributed by atoms with E-state index >= 15 is 0 Å². The summed E-state index contributed by atoms with van der Waals surface area (Å²) in [6.07, 6.45) is -0.317.